The van der Waals surface area contributed by atoms with Gasteiger partial charge in [0.15, 0.2) is 5.69 Å². The Bertz CT molecular complexity index is 2450. The van der Waals surface area contributed by atoms with Gasteiger partial charge in [0.25, 0.3) is 0 Å². The van der Waals surface area contributed by atoms with Crippen molar-refractivity contribution in [3.63, 3.8) is 0 Å². The Hall–Kier alpha value is -5.63. The molecule has 0 fully saturated rings. The Morgan fingerprint density at radius 2 is 1.26 bits per heavy atom. The minimum absolute atomic E-state index is 0.564. The van der Waals surface area contributed by atoms with Crippen molar-refractivity contribution in [3.8, 4) is 27.9 Å². The zero-order valence-electron chi connectivity index (χ0n) is 23.2. The highest BCUT2D eigenvalue weighted by atomic mass is 16.5. The van der Waals surface area contributed by atoms with Gasteiger partial charge in [0, 0.05) is 21.8 Å². The van der Waals surface area contributed by atoms with Gasteiger partial charge in [-0.3, -0.25) is 0 Å². The van der Waals surface area contributed by atoms with Crippen LogP contribution in [0, 0.1) is 6.57 Å². The number of benzene rings is 6. The van der Waals surface area contributed by atoms with Crippen LogP contribution in [0.4, 0.5) is 5.69 Å². The quantitative estimate of drug-likeness (QED) is 0.200. The Kier molecular flexibility index (Phi) is 5.13. The third-order valence-electron chi connectivity index (χ3n) is 8.76. The van der Waals surface area contributed by atoms with Gasteiger partial charge in [0.05, 0.1) is 30.8 Å². The summed E-state index contributed by atoms with van der Waals surface area (Å²) < 4.78 is 14.5. The zero-order chi connectivity index (χ0) is 28.5. The van der Waals surface area contributed by atoms with Crippen molar-refractivity contribution in [2.45, 2.75) is 13.2 Å². The van der Waals surface area contributed by atoms with E-state index in [0.29, 0.717) is 18.9 Å². The summed E-state index contributed by atoms with van der Waals surface area (Å²) in [6.45, 7) is 8.67. The molecule has 0 atom stereocenters. The molecule has 0 saturated carbocycles. The first kappa shape index (κ1) is 24.0. The van der Waals surface area contributed by atoms with E-state index in [4.69, 9.17) is 15.7 Å². The second kappa shape index (κ2) is 9.19. The normalized spacial score (nSPS) is 12.8. The molecule has 4 nitrogen and oxygen atoms in total. The molecule has 1 aliphatic rings. The molecule has 0 amide bonds. The number of nitrogens with zero attached hydrogens (tertiary/aromatic N) is 2. The van der Waals surface area contributed by atoms with Gasteiger partial charge in [-0.1, -0.05) is 66.7 Å². The Morgan fingerprint density at radius 3 is 2.14 bits per heavy atom. The number of hydrogen-bond donors (Lipinski definition) is 0. The molecule has 0 unspecified atom stereocenters. The second-order valence-corrected chi connectivity index (χ2v) is 11.2. The Morgan fingerprint density at radius 1 is 0.558 bits per heavy atom. The van der Waals surface area contributed by atoms with Crippen LogP contribution in [0.25, 0.3) is 76.5 Å². The van der Waals surface area contributed by atoms with E-state index in [-0.39, 0.29) is 0 Å². The standard InChI is InChI=1S/C39H24N2O2/c1-40-28-14-16-37-34(20-28)30-6-2-4-8-36(30)41(37)29-15-12-27-23-42-22-26-11-10-24(18-32(26)33(27)21-29)25-13-17-39-35(19-25)31-7-3-5-9-38(31)43-39/h2-21H,22-23H2. The van der Waals surface area contributed by atoms with Crippen molar-refractivity contribution in [1.82, 2.24) is 4.57 Å². The topological polar surface area (TPSA) is 31.7 Å². The van der Waals surface area contributed by atoms with Crippen LogP contribution in [0.15, 0.2) is 126 Å². The molecule has 6 aromatic carbocycles. The molecule has 0 radical (unpaired) electrons. The smallest absolute Gasteiger partial charge is 0.188 e. The molecule has 1 aliphatic heterocycles. The maximum Gasteiger partial charge on any atom is 0.188 e. The van der Waals surface area contributed by atoms with Crippen LogP contribution >= 0.6 is 0 Å². The highest BCUT2D eigenvalue weighted by Gasteiger charge is 2.19. The molecule has 43 heavy (non-hydrogen) atoms. The van der Waals surface area contributed by atoms with E-state index in [2.05, 4.69) is 106 Å². The van der Waals surface area contributed by atoms with Gasteiger partial charge in [-0.15, -0.1) is 0 Å². The van der Waals surface area contributed by atoms with Crippen LogP contribution in [-0.2, 0) is 18.0 Å². The lowest BCUT2D eigenvalue weighted by Gasteiger charge is -2.15. The number of rotatable bonds is 2. The summed E-state index contributed by atoms with van der Waals surface area (Å²) in [6, 6.07) is 42.5. The number of fused-ring (bicyclic) bond motifs is 9. The molecule has 0 saturated heterocycles. The third kappa shape index (κ3) is 3.66. The summed E-state index contributed by atoms with van der Waals surface area (Å²) in [5, 5.41) is 4.49. The maximum atomic E-state index is 7.54. The van der Waals surface area contributed by atoms with Crippen LogP contribution in [-0.4, -0.2) is 4.57 Å². The molecule has 9 rings (SSSR count). The van der Waals surface area contributed by atoms with Crippen molar-refractivity contribution >= 4 is 49.4 Å². The predicted octanol–water partition coefficient (Wildman–Crippen LogP) is 10.6. The number of hydrogen-bond acceptors (Lipinski definition) is 2. The summed E-state index contributed by atoms with van der Waals surface area (Å²) in [7, 11) is 0. The number of ether oxygens (including phenoxy) is 1. The van der Waals surface area contributed by atoms with Gasteiger partial charge in [-0.2, -0.15) is 0 Å². The molecular formula is C39H24N2O2. The fourth-order valence-electron chi connectivity index (χ4n) is 6.70. The van der Waals surface area contributed by atoms with Crippen molar-refractivity contribution in [3.05, 3.63) is 144 Å². The predicted molar refractivity (Wildman–Crippen MR) is 174 cm³/mol. The van der Waals surface area contributed by atoms with E-state index in [1.807, 2.05) is 24.3 Å². The fourth-order valence-corrected chi connectivity index (χ4v) is 6.70. The first-order valence-corrected chi connectivity index (χ1v) is 14.4. The molecule has 0 aliphatic carbocycles. The van der Waals surface area contributed by atoms with E-state index in [0.717, 1.165) is 60.6 Å². The lowest BCUT2D eigenvalue weighted by molar-refractivity contribution is 0.110. The van der Waals surface area contributed by atoms with Gasteiger partial charge >= 0.3 is 0 Å². The zero-order valence-corrected chi connectivity index (χ0v) is 23.2. The monoisotopic (exact) mass is 552 g/mol. The fraction of sp³-hybridized carbons (Fsp3) is 0.0513. The van der Waals surface area contributed by atoms with Gasteiger partial charge in [0.2, 0.25) is 0 Å². The summed E-state index contributed by atoms with van der Waals surface area (Å²) in [5.74, 6) is 0. The van der Waals surface area contributed by atoms with E-state index >= 15 is 0 Å². The Balaban J connectivity index is 1.23. The van der Waals surface area contributed by atoms with Crippen LogP contribution in [0.1, 0.15) is 11.1 Å². The minimum atomic E-state index is 0.564. The molecule has 4 heteroatoms. The number of furan rings is 1. The number of para-hydroxylation sites is 2. The molecule has 2 aromatic heterocycles. The van der Waals surface area contributed by atoms with Gasteiger partial charge in [-0.05, 0) is 93.4 Å². The first-order valence-electron chi connectivity index (χ1n) is 14.4. The maximum absolute atomic E-state index is 7.54. The van der Waals surface area contributed by atoms with Gasteiger partial charge < -0.3 is 13.7 Å². The molecule has 8 aromatic rings. The molecule has 0 spiro atoms. The SMILES string of the molecule is [C-]#[N+]c1ccc2c(c1)c1ccccc1n2-c1ccc2c(c1)-c1cc(-c3ccc4oc5ccccc5c4c3)ccc1COC2. The summed E-state index contributed by atoms with van der Waals surface area (Å²) >= 11 is 0. The highest BCUT2D eigenvalue weighted by molar-refractivity contribution is 6.10. The summed E-state index contributed by atoms with van der Waals surface area (Å²) in [6.07, 6.45) is 0. The number of aromatic nitrogens is 1. The van der Waals surface area contributed by atoms with Crippen LogP contribution in [0.2, 0.25) is 0 Å². The lowest BCUT2D eigenvalue weighted by atomic mass is 9.92. The lowest BCUT2D eigenvalue weighted by Crippen LogP contribution is -1.97. The molecule has 3 heterocycles. The first-order chi connectivity index (χ1) is 21.2. The van der Waals surface area contributed by atoms with E-state index in [9.17, 15) is 0 Å². The van der Waals surface area contributed by atoms with Crippen LogP contribution in [0.3, 0.4) is 0 Å². The average Bonchev–Trinajstić information content (AvgIpc) is 3.53. The van der Waals surface area contributed by atoms with Gasteiger partial charge in [0.1, 0.15) is 11.2 Å². The van der Waals surface area contributed by atoms with E-state index in [1.54, 1.807) is 0 Å². The van der Waals surface area contributed by atoms with E-state index in [1.165, 1.54) is 22.3 Å². The van der Waals surface area contributed by atoms with Crippen molar-refractivity contribution in [2.24, 2.45) is 0 Å². The van der Waals surface area contributed by atoms with Crippen LogP contribution < -0.4 is 0 Å². The molecule has 0 bridgehead atoms. The molecule has 202 valence electrons. The van der Waals surface area contributed by atoms with Crippen molar-refractivity contribution in [1.29, 1.82) is 0 Å². The highest BCUT2D eigenvalue weighted by Crippen LogP contribution is 2.40. The van der Waals surface area contributed by atoms with Crippen molar-refractivity contribution < 1.29 is 9.15 Å². The second-order valence-electron chi connectivity index (χ2n) is 11.2. The van der Waals surface area contributed by atoms with E-state index < -0.39 is 0 Å². The average molecular weight is 553 g/mol. The molecular weight excluding hydrogens is 528 g/mol. The minimum Gasteiger partial charge on any atom is -0.456 e. The third-order valence-corrected chi connectivity index (χ3v) is 8.76. The Labute approximate surface area is 247 Å². The molecule has 0 N–H and O–H groups in total. The van der Waals surface area contributed by atoms with Crippen LogP contribution in [0.5, 0.6) is 0 Å². The summed E-state index contributed by atoms with van der Waals surface area (Å²) in [5.41, 5.74) is 12.8. The van der Waals surface area contributed by atoms with Crippen molar-refractivity contribution in [2.75, 3.05) is 0 Å². The summed E-state index contributed by atoms with van der Waals surface area (Å²) in [4.78, 5) is 3.69. The largest absolute Gasteiger partial charge is 0.456 e. The van der Waals surface area contributed by atoms with Gasteiger partial charge in [-0.25, -0.2) is 4.85 Å².